The Morgan fingerprint density at radius 2 is 1.79 bits per heavy atom. The number of amides is 3. The molecule has 2 N–H and O–H groups in total. The number of carbonyl (C=O) groups is 4. The standard InChI is InChI=1S/C30H36N4O8S/c1-2-34-23(17-21-18-24-25(42-15-14-41-24)19-26(21)43(34,39)40)29(37)32-22(16-20-8-4-3-5-9-20)28(36)30(38)31-11-7-13-33-12-6-10-27(33)35/h3-5,8-9,18-19,22-23H,2,6-7,10-17H2,1H3,(H,31,38)(H,32,37)/t22-,23?/m0/s1. The zero-order chi connectivity index (χ0) is 30.6. The number of hydrogen-bond acceptors (Lipinski definition) is 8. The Bertz CT molecular complexity index is 1500. The van der Waals surface area contributed by atoms with Gasteiger partial charge in [0.2, 0.25) is 27.6 Å². The van der Waals surface area contributed by atoms with Gasteiger partial charge in [0.15, 0.2) is 11.5 Å². The quantitative estimate of drug-likeness (QED) is 0.280. The largest absolute Gasteiger partial charge is 0.486 e. The summed E-state index contributed by atoms with van der Waals surface area (Å²) in [6.45, 7) is 3.65. The fraction of sp³-hybridized carbons (Fsp3) is 0.467. The molecule has 43 heavy (non-hydrogen) atoms. The van der Waals surface area contributed by atoms with Gasteiger partial charge in [0, 0.05) is 45.1 Å². The molecule has 0 saturated carbocycles. The molecule has 0 aliphatic carbocycles. The van der Waals surface area contributed by atoms with Gasteiger partial charge in [0.1, 0.15) is 25.3 Å². The number of nitrogens with one attached hydrogen (secondary N) is 2. The number of likely N-dealkylation sites (tertiary alicyclic amines) is 1. The van der Waals surface area contributed by atoms with Crippen LogP contribution in [0.4, 0.5) is 0 Å². The summed E-state index contributed by atoms with van der Waals surface area (Å²) < 4.78 is 39.5. The van der Waals surface area contributed by atoms with E-state index in [-0.39, 0.29) is 36.7 Å². The Morgan fingerprint density at radius 1 is 1.07 bits per heavy atom. The summed E-state index contributed by atoms with van der Waals surface area (Å²) in [6.07, 6.45) is 1.93. The number of hydrogen-bond donors (Lipinski definition) is 2. The molecule has 3 heterocycles. The first kappa shape index (κ1) is 30.5. The zero-order valence-electron chi connectivity index (χ0n) is 24.0. The molecule has 0 bridgehead atoms. The average molecular weight is 613 g/mol. The van der Waals surface area contributed by atoms with Crippen molar-refractivity contribution in [2.45, 2.75) is 56.0 Å². The van der Waals surface area contributed by atoms with Gasteiger partial charge in [0.25, 0.3) is 5.91 Å². The van der Waals surface area contributed by atoms with E-state index in [1.54, 1.807) is 42.2 Å². The SMILES string of the molecule is CCN1C(C(=O)N[C@@H](Cc2ccccc2)C(=O)C(=O)NCCCN2CCCC2=O)Cc2cc3c(cc2S1(=O)=O)OCCO3. The number of likely N-dealkylation sites (N-methyl/N-ethyl adjacent to an activating group) is 1. The summed E-state index contributed by atoms with van der Waals surface area (Å²) in [5.74, 6) is -1.54. The Kier molecular flexibility index (Phi) is 9.31. The van der Waals surface area contributed by atoms with E-state index in [0.29, 0.717) is 56.2 Å². The van der Waals surface area contributed by atoms with Crippen molar-refractivity contribution in [2.24, 2.45) is 0 Å². The number of benzene rings is 2. The van der Waals surface area contributed by atoms with Crippen molar-refractivity contribution in [3.05, 3.63) is 53.6 Å². The number of Topliss-reactive ketones (excluding diaryl/α,β-unsaturated/α-hetero) is 1. The molecular weight excluding hydrogens is 576 g/mol. The Morgan fingerprint density at radius 3 is 2.47 bits per heavy atom. The van der Waals surface area contributed by atoms with Crippen LogP contribution in [0.1, 0.15) is 37.3 Å². The predicted octanol–water partition coefficient (Wildman–Crippen LogP) is 0.818. The van der Waals surface area contributed by atoms with E-state index in [9.17, 15) is 27.6 Å². The first-order valence-electron chi connectivity index (χ1n) is 14.6. The Hall–Kier alpha value is -3.97. The van der Waals surface area contributed by atoms with Crippen LogP contribution >= 0.6 is 0 Å². The van der Waals surface area contributed by atoms with Crippen molar-refractivity contribution in [1.82, 2.24) is 19.8 Å². The lowest BCUT2D eigenvalue weighted by Crippen LogP contribution is -2.57. The van der Waals surface area contributed by atoms with Gasteiger partial charge >= 0.3 is 0 Å². The zero-order valence-corrected chi connectivity index (χ0v) is 24.9. The molecule has 230 valence electrons. The number of carbonyl (C=O) groups excluding carboxylic acids is 4. The predicted molar refractivity (Wildman–Crippen MR) is 155 cm³/mol. The highest BCUT2D eigenvalue weighted by molar-refractivity contribution is 7.89. The second-order valence-corrected chi connectivity index (χ2v) is 12.6. The molecule has 3 aliphatic heterocycles. The van der Waals surface area contributed by atoms with Crippen molar-refractivity contribution >= 4 is 33.5 Å². The maximum atomic E-state index is 13.7. The lowest BCUT2D eigenvalue weighted by atomic mass is 9.99. The highest BCUT2D eigenvalue weighted by atomic mass is 32.2. The van der Waals surface area contributed by atoms with Crippen LogP contribution in [0, 0.1) is 0 Å². The topological polar surface area (TPSA) is 151 Å². The number of ketones is 1. The fourth-order valence-electron chi connectivity index (χ4n) is 5.71. The molecular formula is C30H36N4O8S. The van der Waals surface area contributed by atoms with Crippen LogP contribution in [0.2, 0.25) is 0 Å². The van der Waals surface area contributed by atoms with E-state index in [0.717, 1.165) is 16.3 Å². The summed E-state index contributed by atoms with van der Waals surface area (Å²) in [7, 11) is -4.07. The van der Waals surface area contributed by atoms with Crippen molar-refractivity contribution in [3.63, 3.8) is 0 Å². The molecule has 1 saturated heterocycles. The van der Waals surface area contributed by atoms with Crippen LogP contribution in [0.3, 0.4) is 0 Å². The first-order valence-corrected chi connectivity index (χ1v) is 16.0. The van der Waals surface area contributed by atoms with Crippen molar-refractivity contribution in [1.29, 1.82) is 0 Å². The van der Waals surface area contributed by atoms with Crippen LogP contribution < -0.4 is 20.1 Å². The maximum Gasteiger partial charge on any atom is 0.289 e. The van der Waals surface area contributed by atoms with Gasteiger partial charge in [-0.3, -0.25) is 19.2 Å². The van der Waals surface area contributed by atoms with E-state index in [2.05, 4.69) is 10.6 Å². The Balaban J connectivity index is 1.31. The molecule has 0 spiro atoms. The van der Waals surface area contributed by atoms with E-state index < -0.39 is 39.7 Å². The minimum absolute atomic E-state index is 0.0195. The molecule has 3 aliphatic rings. The molecule has 2 atom stereocenters. The molecule has 1 unspecified atom stereocenters. The van der Waals surface area contributed by atoms with Crippen LogP contribution in [0.5, 0.6) is 11.5 Å². The minimum Gasteiger partial charge on any atom is -0.486 e. The molecule has 2 aromatic rings. The number of rotatable bonds is 11. The fourth-order valence-corrected chi connectivity index (χ4v) is 7.54. The second-order valence-electron chi connectivity index (χ2n) is 10.7. The van der Waals surface area contributed by atoms with E-state index in [1.807, 2.05) is 6.07 Å². The number of nitrogens with zero attached hydrogens (tertiary/aromatic N) is 2. The summed E-state index contributed by atoms with van der Waals surface area (Å²) in [6, 6.07) is 9.60. The third-order valence-corrected chi connectivity index (χ3v) is 9.95. The van der Waals surface area contributed by atoms with Crippen molar-refractivity contribution < 1.29 is 37.1 Å². The lowest BCUT2D eigenvalue weighted by molar-refractivity contribution is -0.140. The Labute approximate surface area is 250 Å². The average Bonchev–Trinajstić information content (AvgIpc) is 3.42. The first-order chi connectivity index (χ1) is 20.7. The van der Waals surface area contributed by atoms with Crippen LogP contribution in [-0.4, -0.2) is 92.6 Å². The number of ether oxygens (including phenoxy) is 2. The van der Waals surface area contributed by atoms with Crippen LogP contribution in [-0.2, 0) is 42.0 Å². The molecule has 2 aromatic carbocycles. The maximum absolute atomic E-state index is 13.7. The number of fused-ring (bicyclic) bond motifs is 2. The van der Waals surface area contributed by atoms with Gasteiger partial charge in [-0.05, 0) is 36.5 Å². The second kappa shape index (κ2) is 13.1. The summed E-state index contributed by atoms with van der Waals surface area (Å²) >= 11 is 0. The van der Waals surface area contributed by atoms with Gasteiger partial charge < -0.3 is 25.0 Å². The normalized spacial score (nSPS) is 19.8. The van der Waals surface area contributed by atoms with E-state index in [4.69, 9.17) is 9.47 Å². The summed E-state index contributed by atoms with van der Waals surface area (Å²) in [5, 5.41) is 5.29. The van der Waals surface area contributed by atoms with E-state index in [1.165, 1.54) is 6.07 Å². The molecule has 13 heteroatoms. The third kappa shape index (κ3) is 6.67. The van der Waals surface area contributed by atoms with Gasteiger partial charge in [-0.2, -0.15) is 4.31 Å². The van der Waals surface area contributed by atoms with Gasteiger partial charge in [-0.25, -0.2) is 8.42 Å². The molecule has 1 fully saturated rings. The highest BCUT2D eigenvalue weighted by Crippen LogP contribution is 2.39. The summed E-state index contributed by atoms with van der Waals surface area (Å²) in [5.41, 5.74) is 1.13. The molecule has 0 aromatic heterocycles. The van der Waals surface area contributed by atoms with Crippen LogP contribution in [0.25, 0.3) is 0 Å². The molecule has 12 nitrogen and oxygen atoms in total. The number of sulfonamides is 1. The smallest absolute Gasteiger partial charge is 0.289 e. The van der Waals surface area contributed by atoms with Gasteiger partial charge in [-0.1, -0.05) is 37.3 Å². The van der Waals surface area contributed by atoms with Crippen LogP contribution in [0.15, 0.2) is 47.4 Å². The molecule has 0 radical (unpaired) electrons. The third-order valence-electron chi connectivity index (χ3n) is 7.89. The highest BCUT2D eigenvalue weighted by Gasteiger charge is 2.43. The minimum atomic E-state index is -4.07. The monoisotopic (exact) mass is 612 g/mol. The van der Waals surface area contributed by atoms with Crippen molar-refractivity contribution in [2.75, 3.05) is 39.4 Å². The van der Waals surface area contributed by atoms with E-state index >= 15 is 0 Å². The molecule has 5 rings (SSSR count). The molecule has 3 amide bonds. The van der Waals surface area contributed by atoms with Gasteiger partial charge in [-0.15, -0.1) is 0 Å². The van der Waals surface area contributed by atoms with Crippen molar-refractivity contribution in [3.8, 4) is 11.5 Å². The summed E-state index contributed by atoms with van der Waals surface area (Å²) in [4.78, 5) is 53.6. The van der Waals surface area contributed by atoms with Gasteiger partial charge in [0.05, 0.1) is 4.90 Å². The lowest BCUT2D eigenvalue weighted by Gasteiger charge is -2.35.